The first-order valence-electron chi connectivity index (χ1n) is 4.71. The number of aromatic nitrogens is 3. The summed E-state index contributed by atoms with van der Waals surface area (Å²) in [5.41, 5.74) is 6.12. The number of aryl methyl sites for hydroxylation is 1. The van der Waals surface area contributed by atoms with Crippen molar-refractivity contribution in [3.8, 4) is 11.8 Å². The molecule has 0 fully saturated rings. The van der Waals surface area contributed by atoms with E-state index in [1.165, 1.54) is 0 Å². The highest BCUT2D eigenvalue weighted by Gasteiger charge is 2.01. The molecule has 15 heavy (non-hydrogen) atoms. The fourth-order valence-electron chi connectivity index (χ4n) is 1.13. The molecule has 0 saturated heterocycles. The molecule has 2 aromatic heterocycles. The normalized spacial score (nSPS) is 10.2. The Bertz CT molecular complexity index is 435. The van der Waals surface area contributed by atoms with Crippen LogP contribution in [0.2, 0.25) is 0 Å². The van der Waals surface area contributed by atoms with Gasteiger partial charge in [0.05, 0.1) is 11.9 Å². The van der Waals surface area contributed by atoms with Crippen LogP contribution >= 0.6 is 0 Å². The van der Waals surface area contributed by atoms with E-state index < -0.39 is 0 Å². The molecule has 0 aromatic carbocycles. The molecule has 0 radical (unpaired) electrons. The molecule has 2 heterocycles. The number of nitrogens with two attached hydrogens (primary N) is 1. The van der Waals surface area contributed by atoms with Gasteiger partial charge in [0, 0.05) is 24.9 Å². The van der Waals surface area contributed by atoms with E-state index in [1.807, 2.05) is 13.1 Å². The Balaban J connectivity index is 2.11. The first-order chi connectivity index (χ1) is 7.28. The van der Waals surface area contributed by atoms with Gasteiger partial charge in [-0.3, -0.25) is 4.68 Å². The van der Waals surface area contributed by atoms with Crippen molar-refractivity contribution in [2.24, 2.45) is 0 Å². The lowest BCUT2D eigenvalue weighted by atomic mass is 10.4. The molecule has 2 aromatic rings. The van der Waals surface area contributed by atoms with Crippen molar-refractivity contribution in [2.75, 3.05) is 5.73 Å². The second-order valence-electron chi connectivity index (χ2n) is 3.04. The summed E-state index contributed by atoms with van der Waals surface area (Å²) in [7, 11) is 0. The molecular weight excluding hydrogens is 192 g/mol. The number of nitrogens with zero attached hydrogens (tertiary/aromatic N) is 3. The average molecular weight is 204 g/mol. The van der Waals surface area contributed by atoms with Gasteiger partial charge in [-0.25, -0.2) is 4.98 Å². The molecule has 2 rings (SSSR count). The standard InChI is InChI=1S/C10H12N4O/c1-2-14-6-5-10(13-14)15-9-4-3-8(11)7-12-9/h3-7H,2,11H2,1H3. The second kappa shape index (κ2) is 4.00. The summed E-state index contributed by atoms with van der Waals surface area (Å²) in [4.78, 5) is 4.01. The van der Waals surface area contributed by atoms with E-state index in [2.05, 4.69) is 10.1 Å². The van der Waals surface area contributed by atoms with E-state index >= 15 is 0 Å². The largest absolute Gasteiger partial charge is 0.419 e. The Morgan fingerprint density at radius 1 is 1.33 bits per heavy atom. The van der Waals surface area contributed by atoms with E-state index in [-0.39, 0.29) is 0 Å². The Kier molecular flexibility index (Phi) is 2.53. The predicted octanol–water partition coefficient (Wildman–Crippen LogP) is 1.67. The predicted molar refractivity (Wildman–Crippen MR) is 56.6 cm³/mol. The fourth-order valence-corrected chi connectivity index (χ4v) is 1.13. The Morgan fingerprint density at radius 3 is 2.80 bits per heavy atom. The fraction of sp³-hybridized carbons (Fsp3) is 0.200. The van der Waals surface area contributed by atoms with Gasteiger partial charge < -0.3 is 10.5 Å². The van der Waals surface area contributed by atoms with Crippen molar-refractivity contribution in [2.45, 2.75) is 13.5 Å². The lowest BCUT2D eigenvalue weighted by Crippen LogP contribution is -1.95. The molecule has 0 atom stereocenters. The summed E-state index contributed by atoms with van der Waals surface area (Å²) in [5.74, 6) is 1.03. The van der Waals surface area contributed by atoms with Gasteiger partial charge in [-0.05, 0) is 13.0 Å². The van der Waals surface area contributed by atoms with Crippen LogP contribution in [0.4, 0.5) is 5.69 Å². The molecular formula is C10H12N4O. The maximum atomic E-state index is 5.51. The molecule has 78 valence electrons. The third-order valence-electron chi connectivity index (χ3n) is 1.91. The van der Waals surface area contributed by atoms with Crippen LogP contribution in [0.3, 0.4) is 0 Å². The first kappa shape index (κ1) is 9.51. The van der Waals surface area contributed by atoms with Crippen molar-refractivity contribution < 1.29 is 4.74 Å². The summed E-state index contributed by atoms with van der Waals surface area (Å²) >= 11 is 0. The van der Waals surface area contributed by atoms with Crippen molar-refractivity contribution in [1.82, 2.24) is 14.8 Å². The van der Waals surface area contributed by atoms with Crippen LogP contribution in [0, 0.1) is 0 Å². The summed E-state index contributed by atoms with van der Waals surface area (Å²) in [6.07, 6.45) is 3.40. The smallest absolute Gasteiger partial charge is 0.240 e. The Labute approximate surface area is 87.5 Å². The number of anilines is 1. The van der Waals surface area contributed by atoms with Gasteiger partial charge in [0.15, 0.2) is 0 Å². The molecule has 0 saturated carbocycles. The number of hydrogen-bond acceptors (Lipinski definition) is 4. The molecule has 0 aliphatic rings. The number of hydrogen-bond donors (Lipinski definition) is 1. The van der Waals surface area contributed by atoms with E-state index in [9.17, 15) is 0 Å². The first-order valence-corrected chi connectivity index (χ1v) is 4.71. The van der Waals surface area contributed by atoms with Crippen LogP contribution in [0.25, 0.3) is 0 Å². The van der Waals surface area contributed by atoms with Crippen LogP contribution in [0.15, 0.2) is 30.6 Å². The highest BCUT2D eigenvalue weighted by Crippen LogP contribution is 2.17. The molecule has 5 nitrogen and oxygen atoms in total. The maximum Gasteiger partial charge on any atom is 0.240 e. The number of rotatable bonds is 3. The molecule has 0 amide bonds. The summed E-state index contributed by atoms with van der Waals surface area (Å²) in [5, 5.41) is 4.17. The van der Waals surface area contributed by atoms with E-state index in [1.54, 1.807) is 29.1 Å². The van der Waals surface area contributed by atoms with Crippen molar-refractivity contribution in [3.05, 3.63) is 30.6 Å². The van der Waals surface area contributed by atoms with Crippen LogP contribution in [0.5, 0.6) is 11.8 Å². The highest BCUT2D eigenvalue weighted by atomic mass is 16.5. The third-order valence-corrected chi connectivity index (χ3v) is 1.91. The topological polar surface area (TPSA) is 66.0 Å². The number of nitrogen functional groups attached to an aromatic ring is 1. The lowest BCUT2D eigenvalue weighted by molar-refractivity contribution is 0.433. The summed E-state index contributed by atoms with van der Waals surface area (Å²) in [6.45, 7) is 2.83. The van der Waals surface area contributed by atoms with Gasteiger partial charge in [-0.2, -0.15) is 0 Å². The minimum atomic E-state index is 0.491. The summed E-state index contributed by atoms with van der Waals surface area (Å²) < 4.78 is 7.20. The monoisotopic (exact) mass is 204 g/mol. The van der Waals surface area contributed by atoms with Gasteiger partial charge in [0.1, 0.15) is 0 Å². The zero-order chi connectivity index (χ0) is 10.7. The Hall–Kier alpha value is -2.04. The molecule has 0 aliphatic heterocycles. The molecule has 5 heteroatoms. The van der Waals surface area contributed by atoms with Crippen LogP contribution in [-0.2, 0) is 6.54 Å². The van der Waals surface area contributed by atoms with Gasteiger partial charge >= 0.3 is 0 Å². The van der Waals surface area contributed by atoms with Gasteiger partial charge in [0.2, 0.25) is 11.8 Å². The SMILES string of the molecule is CCn1ccc(Oc2ccc(N)cn2)n1. The molecule has 2 N–H and O–H groups in total. The number of pyridine rings is 1. The second-order valence-corrected chi connectivity index (χ2v) is 3.04. The quantitative estimate of drug-likeness (QED) is 0.825. The van der Waals surface area contributed by atoms with Crippen molar-refractivity contribution in [3.63, 3.8) is 0 Å². The molecule has 0 bridgehead atoms. The van der Waals surface area contributed by atoms with Gasteiger partial charge in [-0.1, -0.05) is 0 Å². The van der Waals surface area contributed by atoms with Gasteiger partial charge in [-0.15, -0.1) is 5.10 Å². The van der Waals surface area contributed by atoms with Crippen LogP contribution in [-0.4, -0.2) is 14.8 Å². The van der Waals surface area contributed by atoms with E-state index in [0.717, 1.165) is 6.54 Å². The Morgan fingerprint density at radius 2 is 2.20 bits per heavy atom. The minimum absolute atomic E-state index is 0.491. The zero-order valence-electron chi connectivity index (χ0n) is 8.42. The average Bonchev–Trinajstić information content (AvgIpc) is 2.69. The summed E-state index contributed by atoms with van der Waals surface area (Å²) in [6, 6.07) is 5.24. The third kappa shape index (κ3) is 2.25. The molecule has 0 aliphatic carbocycles. The van der Waals surface area contributed by atoms with Crippen LogP contribution in [0.1, 0.15) is 6.92 Å². The highest BCUT2D eigenvalue weighted by molar-refractivity contribution is 5.36. The van der Waals surface area contributed by atoms with Crippen LogP contribution < -0.4 is 10.5 Å². The van der Waals surface area contributed by atoms with Crippen molar-refractivity contribution in [1.29, 1.82) is 0 Å². The maximum absolute atomic E-state index is 5.51. The number of ether oxygens (including phenoxy) is 1. The zero-order valence-corrected chi connectivity index (χ0v) is 8.42. The molecule has 0 spiro atoms. The van der Waals surface area contributed by atoms with E-state index in [0.29, 0.717) is 17.4 Å². The minimum Gasteiger partial charge on any atom is -0.419 e. The molecule has 0 unspecified atom stereocenters. The van der Waals surface area contributed by atoms with Gasteiger partial charge in [0.25, 0.3) is 0 Å². The van der Waals surface area contributed by atoms with E-state index in [4.69, 9.17) is 10.5 Å². The lowest BCUT2D eigenvalue weighted by Gasteiger charge is -2.00. The van der Waals surface area contributed by atoms with Crippen molar-refractivity contribution >= 4 is 5.69 Å².